The van der Waals surface area contributed by atoms with Gasteiger partial charge in [0.25, 0.3) is 5.69 Å². The van der Waals surface area contributed by atoms with Crippen LogP contribution in [-0.2, 0) is 11.2 Å². The molecule has 0 heterocycles. The quantitative estimate of drug-likeness (QED) is 0.375. The lowest BCUT2D eigenvalue weighted by Gasteiger charge is -2.06. The van der Waals surface area contributed by atoms with E-state index in [0.717, 1.165) is 0 Å². The molecule has 20 heavy (non-hydrogen) atoms. The van der Waals surface area contributed by atoms with Crippen LogP contribution in [0.2, 0.25) is 0 Å². The van der Waals surface area contributed by atoms with E-state index in [9.17, 15) is 19.5 Å². The van der Waals surface area contributed by atoms with Gasteiger partial charge in [-0.2, -0.15) is 0 Å². The second kappa shape index (κ2) is 5.85. The van der Waals surface area contributed by atoms with Gasteiger partial charge in [0.05, 0.1) is 11.0 Å². The average molecular weight is 289 g/mol. The van der Waals surface area contributed by atoms with Crippen LogP contribution in [0.5, 0.6) is 0 Å². The summed E-state index contributed by atoms with van der Waals surface area (Å²) < 4.78 is 11.4. The zero-order valence-corrected chi connectivity index (χ0v) is 11.4. The number of carbonyl (C=O) groups excluding carboxylic acids is 1. The van der Waals surface area contributed by atoms with Crippen molar-refractivity contribution in [2.45, 2.75) is 4.90 Å². The lowest BCUT2D eigenvalue weighted by molar-refractivity contribution is -0.385. The molecular formula is C14H11NO4S. The second-order valence-electron chi connectivity index (χ2n) is 4.09. The van der Waals surface area contributed by atoms with Crippen molar-refractivity contribution in [3.63, 3.8) is 0 Å². The topological polar surface area (TPSA) is 83.3 Å². The molecule has 2 aromatic rings. The Kier molecular flexibility index (Phi) is 4.16. The fraction of sp³-hybridized carbons (Fsp3) is 0.0714. The van der Waals surface area contributed by atoms with E-state index in [4.69, 9.17) is 0 Å². The molecule has 0 spiro atoms. The van der Waals surface area contributed by atoms with Gasteiger partial charge in [-0.05, 0) is 23.3 Å². The zero-order chi connectivity index (χ0) is 14.7. The molecule has 0 aliphatic carbocycles. The summed E-state index contributed by atoms with van der Waals surface area (Å²) in [6.45, 7) is 0. The van der Waals surface area contributed by atoms with Gasteiger partial charge in [-0.15, -0.1) is 0 Å². The van der Waals surface area contributed by atoms with Crippen LogP contribution in [0.4, 0.5) is 5.69 Å². The molecular weight excluding hydrogens is 278 g/mol. The minimum Gasteiger partial charge on any atom is -0.612 e. The Balaban J connectivity index is 2.51. The van der Waals surface area contributed by atoms with Crippen LogP contribution in [-0.4, -0.2) is 21.5 Å². The lowest BCUT2D eigenvalue weighted by Crippen LogP contribution is -2.07. The molecule has 0 aliphatic rings. The van der Waals surface area contributed by atoms with Gasteiger partial charge in [0.1, 0.15) is 11.8 Å². The SMILES string of the molecule is C[S+]([O-])c1ccc(C(=O)c2ccccc2)c([N+](=O)[O-])c1. The van der Waals surface area contributed by atoms with Gasteiger partial charge in [-0.25, -0.2) is 0 Å². The highest BCUT2D eigenvalue weighted by molar-refractivity contribution is 7.90. The van der Waals surface area contributed by atoms with Crippen LogP contribution in [0.3, 0.4) is 0 Å². The van der Waals surface area contributed by atoms with Gasteiger partial charge in [0.2, 0.25) is 0 Å². The molecule has 0 saturated carbocycles. The van der Waals surface area contributed by atoms with Crippen molar-refractivity contribution in [3.05, 3.63) is 69.8 Å². The first-order valence-corrected chi connectivity index (χ1v) is 7.28. The molecule has 1 atom stereocenters. The van der Waals surface area contributed by atoms with Crippen LogP contribution in [0.15, 0.2) is 53.4 Å². The third-order valence-electron chi connectivity index (χ3n) is 2.78. The van der Waals surface area contributed by atoms with E-state index in [-0.39, 0.29) is 11.3 Å². The van der Waals surface area contributed by atoms with E-state index < -0.39 is 21.9 Å². The van der Waals surface area contributed by atoms with Crippen molar-refractivity contribution in [1.29, 1.82) is 0 Å². The highest BCUT2D eigenvalue weighted by Crippen LogP contribution is 2.25. The molecule has 2 aromatic carbocycles. The van der Waals surface area contributed by atoms with Gasteiger partial charge in [0, 0.05) is 5.56 Å². The summed E-state index contributed by atoms with van der Waals surface area (Å²) in [5, 5.41) is 11.1. The fourth-order valence-electron chi connectivity index (χ4n) is 1.78. The molecule has 0 amide bonds. The maximum atomic E-state index is 12.3. The summed E-state index contributed by atoms with van der Waals surface area (Å²) in [5.74, 6) is -0.425. The molecule has 0 aromatic heterocycles. The van der Waals surface area contributed by atoms with Crippen LogP contribution in [0.25, 0.3) is 0 Å². The summed E-state index contributed by atoms with van der Waals surface area (Å²) in [6, 6.07) is 12.3. The van der Waals surface area contributed by atoms with Crippen LogP contribution in [0.1, 0.15) is 15.9 Å². The number of hydrogen-bond donors (Lipinski definition) is 0. The Morgan fingerprint density at radius 2 is 1.80 bits per heavy atom. The lowest BCUT2D eigenvalue weighted by atomic mass is 10.0. The fourth-order valence-corrected chi connectivity index (χ4v) is 2.32. The Bertz CT molecular complexity index is 655. The van der Waals surface area contributed by atoms with Crippen LogP contribution < -0.4 is 0 Å². The van der Waals surface area contributed by atoms with Crippen molar-refractivity contribution in [1.82, 2.24) is 0 Å². The second-order valence-corrected chi connectivity index (χ2v) is 5.46. The summed E-state index contributed by atoms with van der Waals surface area (Å²) in [6.07, 6.45) is 1.43. The van der Waals surface area contributed by atoms with Gasteiger partial charge in [-0.1, -0.05) is 30.3 Å². The van der Waals surface area contributed by atoms with E-state index >= 15 is 0 Å². The number of carbonyl (C=O) groups is 1. The van der Waals surface area contributed by atoms with Crippen molar-refractivity contribution < 1.29 is 14.3 Å². The van der Waals surface area contributed by atoms with E-state index in [1.165, 1.54) is 24.5 Å². The maximum Gasteiger partial charge on any atom is 0.285 e. The summed E-state index contributed by atoms with van der Waals surface area (Å²) in [4.78, 5) is 23.0. The molecule has 2 rings (SSSR count). The molecule has 0 aliphatic heterocycles. The Labute approximate surface area is 118 Å². The first kappa shape index (κ1) is 14.2. The normalized spacial score (nSPS) is 11.9. The number of rotatable bonds is 4. The molecule has 0 radical (unpaired) electrons. The smallest absolute Gasteiger partial charge is 0.285 e. The van der Waals surface area contributed by atoms with E-state index in [1.54, 1.807) is 30.3 Å². The van der Waals surface area contributed by atoms with Crippen molar-refractivity contribution in [2.24, 2.45) is 0 Å². The number of benzene rings is 2. The third-order valence-corrected chi connectivity index (χ3v) is 3.70. The molecule has 102 valence electrons. The first-order chi connectivity index (χ1) is 9.50. The Morgan fingerprint density at radius 3 is 2.35 bits per heavy atom. The zero-order valence-electron chi connectivity index (χ0n) is 10.6. The van der Waals surface area contributed by atoms with E-state index in [2.05, 4.69) is 0 Å². The number of ketones is 1. The highest BCUT2D eigenvalue weighted by atomic mass is 32.2. The molecule has 0 saturated heterocycles. The standard InChI is InChI=1S/C14H11NO4S/c1-20(19)11-7-8-12(13(9-11)15(17)18)14(16)10-5-3-2-4-6-10/h2-9H,1H3. The monoisotopic (exact) mass is 289 g/mol. The van der Waals surface area contributed by atoms with E-state index in [1.807, 2.05) is 0 Å². The number of nitro benzene ring substituents is 1. The minimum absolute atomic E-state index is 0.00426. The third kappa shape index (κ3) is 2.87. The average Bonchev–Trinajstić information content (AvgIpc) is 2.46. The van der Waals surface area contributed by atoms with Gasteiger partial charge in [0.15, 0.2) is 10.7 Å². The number of nitro groups is 1. The van der Waals surface area contributed by atoms with Crippen molar-refractivity contribution >= 4 is 22.6 Å². The van der Waals surface area contributed by atoms with Crippen molar-refractivity contribution in [3.8, 4) is 0 Å². The first-order valence-electron chi connectivity index (χ1n) is 5.72. The minimum atomic E-state index is -1.34. The maximum absolute atomic E-state index is 12.3. The molecule has 0 N–H and O–H groups in total. The molecule has 1 unspecified atom stereocenters. The Morgan fingerprint density at radius 1 is 1.15 bits per heavy atom. The summed E-state index contributed by atoms with van der Waals surface area (Å²) in [5.41, 5.74) is 0.0444. The number of hydrogen-bond acceptors (Lipinski definition) is 4. The molecule has 5 nitrogen and oxygen atoms in total. The Hall–Kier alpha value is -2.18. The number of nitrogens with zero attached hydrogens (tertiary/aromatic N) is 1. The van der Waals surface area contributed by atoms with Crippen LogP contribution >= 0.6 is 0 Å². The van der Waals surface area contributed by atoms with Crippen molar-refractivity contribution in [2.75, 3.05) is 6.26 Å². The van der Waals surface area contributed by atoms with Crippen LogP contribution in [0, 0.1) is 10.1 Å². The predicted molar refractivity (Wildman–Crippen MR) is 75.3 cm³/mol. The van der Waals surface area contributed by atoms with Gasteiger partial charge in [-0.3, -0.25) is 14.9 Å². The molecule has 0 bridgehead atoms. The predicted octanol–water partition coefficient (Wildman–Crippen LogP) is 2.56. The van der Waals surface area contributed by atoms with E-state index in [0.29, 0.717) is 10.5 Å². The summed E-state index contributed by atoms with van der Waals surface area (Å²) >= 11 is -1.34. The largest absolute Gasteiger partial charge is 0.612 e. The highest BCUT2D eigenvalue weighted by Gasteiger charge is 2.23. The molecule has 6 heteroatoms. The summed E-state index contributed by atoms with van der Waals surface area (Å²) in [7, 11) is 0. The molecule has 0 fully saturated rings. The van der Waals surface area contributed by atoms with Gasteiger partial charge < -0.3 is 4.55 Å². The van der Waals surface area contributed by atoms with Gasteiger partial charge >= 0.3 is 0 Å².